The molecule has 2 rings (SSSR count). The number of halogens is 1. The number of hydrogen-bond acceptors (Lipinski definition) is 5. The van der Waals surface area contributed by atoms with Crippen molar-refractivity contribution in [3.8, 4) is 11.8 Å². The van der Waals surface area contributed by atoms with Gasteiger partial charge in [-0.3, -0.25) is 4.79 Å². The van der Waals surface area contributed by atoms with Crippen molar-refractivity contribution < 1.29 is 19.1 Å². The van der Waals surface area contributed by atoms with E-state index in [-0.39, 0.29) is 19.6 Å². The largest absolute Gasteiger partial charge is 0.482 e. The molecule has 0 aromatic heterocycles. The first-order chi connectivity index (χ1) is 13.4. The number of anilines is 1. The first-order valence-corrected chi connectivity index (χ1v) is 9.07. The molecule has 0 spiro atoms. The van der Waals surface area contributed by atoms with Crippen LogP contribution in [0.5, 0.6) is 5.75 Å². The summed E-state index contributed by atoms with van der Waals surface area (Å²) in [4.78, 5) is 25.8. The lowest BCUT2D eigenvalue weighted by Crippen LogP contribution is -2.36. The van der Waals surface area contributed by atoms with Crippen molar-refractivity contribution in [3.05, 3.63) is 58.6 Å². The average Bonchev–Trinajstić information content (AvgIpc) is 2.67. The second kappa shape index (κ2) is 10.3. The minimum Gasteiger partial charge on any atom is -0.482 e. The smallest absolute Gasteiger partial charge is 0.344 e. The molecule has 28 heavy (non-hydrogen) atoms. The van der Waals surface area contributed by atoms with Crippen molar-refractivity contribution in [2.24, 2.45) is 0 Å². The third-order valence-corrected chi connectivity index (χ3v) is 4.33. The van der Waals surface area contributed by atoms with Gasteiger partial charge in [0.05, 0.1) is 12.5 Å². The molecule has 6 nitrogen and oxygen atoms in total. The van der Waals surface area contributed by atoms with Gasteiger partial charge in [0.15, 0.2) is 13.2 Å². The standard InChI is InChI=1S/C21H21ClN2O4/c1-15-5-3-6-18(11-15)27-14-21(26)28-13-20(25)24(10-4-9-23)17-7-8-19(22)16(2)12-17/h3,5-8,11-12H,4,10,13-14H2,1-2H3. The SMILES string of the molecule is Cc1cccc(OCC(=O)OCC(=O)N(CCC#N)c2ccc(Cl)c(C)c2)c1. The zero-order valence-electron chi connectivity index (χ0n) is 15.8. The summed E-state index contributed by atoms with van der Waals surface area (Å²) in [6.45, 7) is 3.19. The molecule has 0 atom stereocenters. The third-order valence-electron chi connectivity index (χ3n) is 3.90. The van der Waals surface area contributed by atoms with Crippen LogP contribution in [0.25, 0.3) is 0 Å². The summed E-state index contributed by atoms with van der Waals surface area (Å²) in [5, 5.41) is 9.43. The molecule has 0 radical (unpaired) electrons. The molecule has 0 aliphatic carbocycles. The van der Waals surface area contributed by atoms with Crippen LogP contribution in [0.1, 0.15) is 17.5 Å². The predicted octanol–water partition coefficient (Wildman–Crippen LogP) is 3.83. The van der Waals surface area contributed by atoms with Gasteiger partial charge in [-0.15, -0.1) is 0 Å². The Balaban J connectivity index is 1.94. The summed E-state index contributed by atoms with van der Waals surface area (Å²) in [5.41, 5.74) is 2.40. The highest BCUT2D eigenvalue weighted by Crippen LogP contribution is 2.23. The molecular formula is C21H21ClN2O4. The van der Waals surface area contributed by atoms with Crippen molar-refractivity contribution in [2.45, 2.75) is 20.3 Å². The number of aryl methyl sites for hydroxylation is 2. The fraction of sp³-hybridized carbons (Fsp3) is 0.286. The van der Waals surface area contributed by atoms with Crippen molar-refractivity contribution in [3.63, 3.8) is 0 Å². The highest BCUT2D eigenvalue weighted by molar-refractivity contribution is 6.31. The van der Waals surface area contributed by atoms with Gasteiger partial charge in [0, 0.05) is 17.3 Å². The Hall–Kier alpha value is -3.04. The van der Waals surface area contributed by atoms with E-state index >= 15 is 0 Å². The van der Waals surface area contributed by atoms with Crippen molar-refractivity contribution in [1.29, 1.82) is 5.26 Å². The molecule has 0 unspecified atom stereocenters. The lowest BCUT2D eigenvalue weighted by Gasteiger charge is -2.22. The molecule has 2 aromatic carbocycles. The second-order valence-electron chi connectivity index (χ2n) is 6.15. The van der Waals surface area contributed by atoms with Gasteiger partial charge < -0.3 is 14.4 Å². The van der Waals surface area contributed by atoms with Crippen LogP contribution in [0.15, 0.2) is 42.5 Å². The first kappa shape index (κ1) is 21.3. The predicted molar refractivity (Wildman–Crippen MR) is 106 cm³/mol. The van der Waals surface area contributed by atoms with E-state index in [1.54, 1.807) is 30.3 Å². The van der Waals surface area contributed by atoms with Crippen LogP contribution in [0.4, 0.5) is 5.69 Å². The van der Waals surface area contributed by atoms with E-state index in [9.17, 15) is 9.59 Å². The summed E-state index contributed by atoms with van der Waals surface area (Å²) in [5.74, 6) is -0.529. The minimum absolute atomic E-state index is 0.151. The van der Waals surface area contributed by atoms with Crippen LogP contribution in [-0.4, -0.2) is 31.6 Å². The number of rotatable bonds is 8. The van der Waals surface area contributed by atoms with Crippen LogP contribution in [0, 0.1) is 25.2 Å². The van der Waals surface area contributed by atoms with Crippen LogP contribution >= 0.6 is 11.6 Å². The van der Waals surface area contributed by atoms with E-state index in [1.165, 1.54) is 4.90 Å². The molecular weight excluding hydrogens is 380 g/mol. The van der Waals surface area contributed by atoms with E-state index in [4.69, 9.17) is 26.3 Å². The molecule has 0 saturated carbocycles. The van der Waals surface area contributed by atoms with Gasteiger partial charge in [0.1, 0.15) is 5.75 Å². The Labute approximate surface area is 169 Å². The van der Waals surface area contributed by atoms with Crippen molar-refractivity contribution in [2.75, 3.05) is 24.7 Å². The maximum Gasteiger partial charge on any atom is 0.344 e. The summed E-state index contributed by atoms with van der Waals surface area (Å²) in [6, 6.07) is 14.4. The number of nitrogens with zero attached hydrogens (tertiary/aromatic N) is 2. The fourth-order valence-corrected chi connectivity index (χ4v) is 2.58. The molecule has 0 aliphatic rings. The monoisotopic (exact) mass is 400 g/mol. The molecule has 146 valence electrons. The number of amides is 1. The molecule has 7 heteroatoms. The summed E-state index contributed by atoms with van der Waals surface area (Å²) < 4.78 is 10.4. The second-order valence-corrected chi connectivity index (χ2v) is 6.56. The van der Waals surface area contributed by atoms with Gasteiger partial charge in [-0.2, -0.15) is 5.26 Å². The number of esters is 1. The number of nitriles is 1. The summed E-state index contributed by atoms with van der Waals surface area (Å²) in [7, 11) is 0. The molecule has 0 N–H and O–H groups in total. The Morgan fingerprint density at radius 3 is 2.61 bits per heavy atom. The third kappa shape index (κ3) is 6.29. The van der Waals surface area contributed by atoms with Gasteiger partial charge >= 0.3 is 5.97 Å². The van der Waals surface area contributed by atoms with E-state index in [0.717, 1.165) is 11.1 Å². The molecule has 0 bridgehead atoms. The highest BCUT2D eigenvalue weighted by Gasteiger charge is 2.18. The van der Waals surface area contributed by atoms with Crippen LogP contribution in [-0.2, 0) is 14.3 Å². The van der Waals surface area contributed by atoms with Gasteiger partial charge in [-0.25, -0.2) is 4.79 Å². The Kier molecular flexibility index (Phi) is 7.85. The Morgan fingerprint density at radius 2 is 1.93 bits per heavy atom. The van der Waals surface area contributed by atoms with Gasteiger partial charge in [-0.1, -0.05) is 23.7 Å². The summed E-state index contributed by atoms with van der Waals surface area (Å²) >= 11 is 6.03. The molecule has 0 saturated heterocycles. The zero-order chi connectivity index (χ0) is 20.5. The van der Waals surface area contributed by atoms with E-state index < -0.39 is 18.5 Å². The van der Waals surface area contributed by atoms with Crippen LogP contribution in [0.3, 0.4) is 0 Å². The lowest BCUT2D eigenvalue weighted by atomic mass is 10.2. The van der Waals surface area contributed by atoms with Gasteiger partial charge in [0.25, 0.3) is 5.91 Å². The molecule has 2 aromatic rings. The van der Waals surface area contributed by atoms with Crippen molar-refractivity contribution >= 4 is 29.2 Å². The normalized spacial score (nSPS) is 10.1. The van der Waals surface area contributed by atoms with Gasteiger partial charge in [0.2, 0.25) is 0 Å². The van der Waals surface area contributed by atoms with E-state index in [1.807, 2.05) is 32.0 Å². The fourth-order valence-electron chi connectivity index (χ4n) is 2.47. The quantitative estimate of drug-likeness (QED) is 0.629. The van der Waals surface area contributed by atoms with E-state index in [2.05, 4.69) is 0 Å². The van der Waals surface area contributed by atoms with Gasteiger partial charge in [-0.05, 0) is 55.3 Å². The first-order valence-electron chi connectivity index (χ1n) is 8.69. The lowest BCUT2D eigenvalue weighted by molar-refractivity contribution is -0.149. The number of ether oxygens (including phenoxy) is 2. The number of carbonyl (C=O) groups excluding carboxylic acids is 2. The molecule has 1 amide bonds. The maximum atomic E-state index is 12.5. The molecule has 0 fully saturated rings. The highest BCUT2D eigenvalue weighted by atomic mass is 35.5. The van der Waals surface area contributed by atoms with E-state index in [0.29, 0.717) is 16.5 Å². The number of benzene rings is 2. The van der Waals surface area contributed by atoms with Crippen LogP contribution in [0.2, 0.25) is 5.02 Å². The zero-order valence-corrected chi connectivity index (χ0v) is 16.5. The van der Waals surface area contributed by atoms with Crippen molar-refractivity contribution in [1.82, 2.24) is 0 Å². The Morgan fingerprint density at radius 1 is 1.14 bits per heavy atom. The Bertz CT molecular complexity index is 892. The molecule has 0 heterocycles. The molecule has 0 aliphatic heterocycles. The topological polar surface area (TPSA) is 79.6 Å². The number of hydrogen-bond donors (Lipinski definition) is 0. The van der Waals surface area contributed by atoms with Crippen LogP contribution < -0.4 is 9.64 Å². The average molecular weight is 401 g/mol. The minimum atomic E-state index is -0.651. The maximum absolute atomic E-state index is 12.5. The number of carbonyl (C=O) groups is 2. The summed E-state index contributed by atoms with van der Waals surface area (Å²) in [6.07, 6.45) is 0.151.